The molecule has 0 saturated heterocycles. The van der Waals surface area contributed by atoms with Gasteiger partial charge in [0.1, 0.15) is 5.75 Å². The van der Waals surface area contributed by atoms with E-state index in [4.69, 9.17) is 11.6 Å². The van der Waals surface area contributed by atoms with Crippen LogP contribution >= 0.6 is 11.6 Å². The van der Waals surface area contributed by atoms with Crippen molar-refractivity contribution in [1.29, 1.82) is 0 Å². The third-order valence-corrected chi connectivity index (χ3v) is 2.47. The highest BCUT2D eigenvalue weighted by atomic mass is 35.5. The number of likely N-dealkylation sites (N-methyl/N-ethyl adjacent to an activating group) is 1. The summed E-state index contributed by atoms with van der Waals surface area (Å²) in [5.74, 6) is 0.106. The molecular weight excluding hydrogens is 190 g/mol. The van der Waals surface area contributed by atoms with Crippen molar-refractivity contribution in [3.63, 3.8) is 0 Å². The van der Waals surface area contributed by atoms with E-state index in [0.29, 0.717) is 17.1 Å². The number of nitrogens with zero attached hydrogens (tertiary/aromatic N) is 1. The minimum absolute atomic E-state index is 0.00231. The molecule has 1 aromatic carbocycles. The molecule has 1 amide bonds. The summed E-state index contributed by atoms with van der Waals surface area (Å²) in [6, 6.07) is 3.01. The van der Waals surface area contributed by atoms with Gasteiger partial charge in [0, 0.05) is 13.1 Å². The fraction of sp³-hybridized carbons (Fsp3) is 0.222. The molecule has 0 unspecified atom stereocenters. The fourth-order valence-corrected chi connectivity index (χ4v) is 1.92. The first kappa shape index (κ1) is 8.38. The molecule has 4 heteroatoms. The van der Waals surface area contributed by atoms with Crippen LogP contribution in [-0.2, 0) is 11.2 Å². The van der Waals surface area contributed by atoms with Crippen LogP contribution in [0.25, 0.3) is 0 Å². The fourth-order valence-electron chi connectivity index (χ4n) is 1.56. The van der Waals surface area contributed by atoms with Crippen LogP contribution < -0.4 is 4.90 Å². The molecule has 0 radical (unpaired) electrons. The number of anilines is 1. The summed E-state index contributed by atoms with van der Waals surface area (Å²) in [5, 5.41) is 9.66. The molecule has 1 N–H and O–H groups in total. The average molecular weight is 198 g/mol. The SMILES string of the molecule is CN1C(=O)Cc2cc(O)cc(Cl)c21. The Hall–Kier alpha value is -1.22. The molecule has 1 heterocycles. The van der Waals surface area contributed by atoms with Crippen molar-refractivity contribution in [1.82, 2.24) is 0 Å². The van der Waals surface area contributed by atoms with E-state index < -0.39 is 0 Å². The first-order valence-electron chi connectivity index (χ1n) is 3.87. The summed E-state index contributed by atoms with van der Waals surface area (Å²) in [7, 11) is 1.68. The standard InChI is InChI=1S/C9H8ClNO2/c1-11-8(13)3-5-2-6(12)4-7(10)9(5)11/h2,4,12H,3H2,1H3. The molecular formula is C9H8ClNO2. The van der Waals surface area contributed by atoms with Crippen molar-refractivity contribution < 1.29 is 9.90 Å². The highest BCUT2D eigenvalue weighted by Gasteiger charge is 2.26. The zero-order chi connectivity index (χ0) is 9.59. The number of aromatic hydroxyl groups is 1. The monoisotopic (exact) mass is 197 g/mol. The average Bonchev–Trinajstić information content (AvgIpc) is 2.27. The lowest BCUT2D eigenvalue weighted by Crippen LogP contribution is -2.20. The summed E-state index contributed by atoms with van der Waals surface area (Å²) in [4.78, 5) is 12.8. The molecule has 0 aromatic heterocycles. The van der Waals surface area contributed by atoms with Gasteiger partial charge in [0.15, 0.2) is 0 Å². The molecule has 0 atom stereocenters. The van der Waals surface area contributed by atoms with Crippen LogP contribution in [-0.4, -0.2) is 18.1 Å². The molecule has 2 rings (SSSR count). The molecule has 13 heavy (non-hydrogen) atoms. The maximum Gasteiger partial charge on any atom is 0.231 e. The van der Waals surface area contributed by atoms with Gasteiger partial charge in [-0.2, -0.15) is 0 Å². The van der Waals surface area contributed by atoms with Gasteiger partial charge in [-0.25, -0.2) is 0 Å². The number of phenols is 1. The summed E-state index contributed by atoms with van der Waals surface area (Å²) >= 11 is 5.88. The lowest BCUT2D eigenvalue weighted by Gasteiger charge is -2.11. The molecule has 0 aliphatic carbocycles. The number of hydrogen-bond acceptors (Lipinski definition) is 2. The Morgan fingerprint density at radius 1 is 1.54 bits per heavy atom. The third-order valence-electron chi connectivity index (χ3n) is 2.18. The molecule has 1 aromatic rings. The number of fused-ring (bicyclic) bond motifs is 1. The van der Waals surface area contributed by atoms with Gasteiger partial charge in [0.2, 0.25) is 5.91 Å². The predicted molar refractivity (Wildman–Crippen MR) is 50.2 cm³/mol. The van der Waals surface area contributed by atoms with E-state index in [1.54, 1.807) is 13.1 Å². The van der Waals surface area contributed by atoms with E-state index in [-0.39, 0.29) is 11.7 Å². The van der Waals surface area contributed by atoms with E-state index in [1.807, 2.05) is 0 Å². The summed E-state index contributed by atoms with van der Waals surface area (Å²) < 4.78 is 0. The maximum atomic E-state index is 11.3. The summed E-state index contributed by atoms with van der Waals surface area (Å²) in [6.45, 7) is 0. The van der Waals surface area contributed by atoms with Crippen LogP contribution in [0.2, 0.25) is 5.02 Å². The lowest BCUT2D eigenvalue weighted by atomic mass is 10.1. The Kier molecular flexibility index (Phi) is 1.70. The lowest BCUT2D eigenvalue weighted by molar-refractivity contribution is -0.117. The predicted octanol–water partition coefficient (Wildman–Crippen LogP) is 1.56. The van der Waals surface area contributed by atoms with E-state index >= 15 is 0 Å². The number of rotatable bonds is 0. The van der Waals surface area contributed by atoms with Crippen molar-refractivity contribution >= 4 is 23.2 Å². The summed E-state index contributed by atoms with van der Waals surface area (Å²) in [6.07, 6.45) is 0.319. The third kappa shape index (κ3) is 1.16. The van der Waals surface area contributed by atoms with Crippen LogP contribution in [0.1, 0.15) is 5.56 Å². The van der Waals surface area contributed by atoms with Gasteiger partial charge < -0.3 is 10.0 Å². The second-order valence-corrected chi connectivity index (χ2v) is 3.47. The Bertz CT molecular complexity index is 389. The van der Waals surface area contributed by atoms with Gasteiger partial charge >= 0.3 is 0 Å². The van der Waals surface area contributed by atoms with Crippen molar-refractivity contribution in [3.8, 4) is 5.75 Å². The Morgan fingerprint density at radius 3 is 2.92 bits per heavy atom. The number of carbonyl (C=O) groups is 1. The Morgan fingerprint density at radius 2 is 2.23 bits per heavy atom. The minimum Gasteiger partial charge on any atom is -0.508 e. The normalized spacial score (nSPS) is 14.9. The molecule has 0 spiro atoms. The molecule has 0 bridgehead atoms. The molecule has 68 valence electrons. The van der Waals surface area contributed by atoms with Crippen molar-refractivity contribution in [3.05, 3.63) is 22.7 Å². The second kappa shape index (κ2) is 2.64. The van der Waals surface area contributed by atoms with Crippen molar-refractivity contribution in [2.24, 2.45) is 0 Å². The van der Waals surface area contributed by atoms with Crippen LogP contribution in [0.3, 0.4) is 0 Å². The highest BCUT2D eigenvalue weighted by molar-refractivity contribution is 6.34. The number of phenolic OH excluding ortho intramolecular Hbond substituents is 1. The van der Waals surface area contributed by atoms with Gasteiger partial charge in [-0.1, -0.05) is 11.6 Å². The number of halogens is 1. The Balaban J connectivity index is 2.64. The van der Waals surface area contributed by atoms with Crippen molar-refractivity contribution in [2.75, 3.05) is 11.9 Å². The molecule has 3 nitrogen and oxygen atoms in total. The molecule has 1 aliphatic heterocycles. The van der Waals surface area contributed by atoms with E-state index in [0.717, 1.165) is 5.56 Å². The molecule has 0 saturated carbocycles. The Labute approximate surface area is 80.5 Å². The van der Waals surface area contributed by atoms with Gasteiger partial charge in [-0.3, -0.25) is 4.79 Å². The van der Waals surface area contributed by atoms with Crippen LogP contribution in [0.15, 0.2) is 12.1 Å². The highest BCUT2D eigenvalue weighted by Crippen LogP contribution is 2.37. The zero-order valence-corrected chi connectivity index (χ0v) is 7.80. The van der Waals surface area contributed by atoms with E-state index in [1.165, 1.54) is 11.0 Å². The van der Waals surface area contributed by atoms with Gasteiger partial charge in [-0.05, 0) is 11.6 Å². The van der Waals surface area contributed by atoms with Gasteiger partial charge in [-0.15, -0.1) is 0 Å². The van der Waals surface area contributed by atoms with E-state index in [9.17, 15) is 9.90 Å². The molecule has 1 aliphatic rings. The largest absolute Gasteiger partial charge is 0.508 e. The zero-order valence-electron chi connectivity index (χ0n) is 7.04. The number of benzene rings is 1. The first-order chi connectivity index (χ1) is 6.09. The quantitative estimate of drug-likeness (QED) is 0.686. The van der Waals surface area contributed by atoms with E-state index in [2.05, 4.69) is 0 Å². The van der Waals surface area contributed by atoms with Gasteiger partial charge in [0.25, 0.3) is 0 Å². The van der Waals surface area contributed by atoms with Crippen molar-refractivity contribution in [2.45, 2.75) is 6.42 Å². The van der Waals surface area contributed by atoms with Crippen LogP contribution in [0.4, 0.5) is 5.69 Å². The second-order valence-electron chi connectivity index (χ2n) is 3.06. The number of hydrogen-bond donors (Lipinski definition) is 1. The van der Waals surface area contributed by atoms with Crippen LogP contribution in [0, 0.1) is 0 Å². The van der Waals surface area contributed by atoms with Crippen LogP contribution in [0.5, 0.6) is 5.75 Å². The number of amides is 1. The smallest absolute Gasteiger partial charge is 0.231 e. The summed E-state index contributed by atoms with van der Waals surface area (Å²) in [5.41, 5.74) is 1.50. The first-order valence-corrected chi connectivity index (χ1v) is 4.25. The minimum atomic E-state index is 0.00231. The maximum absolute atomic E-state index is 11.3. The topological polar surface area (TPSA) is 40.5 Å². The number of carbonyl (C=O) groups excluding carboxylic acids is 1. The molecule has 0 fully saturated rings. The van der Waals surface area contributed by atoms with Gasteiger partial charge in [0.05, 0.1) is 17.1 Å².